The number of carbonyl (C=O) groups excluding carboxylic acids is 2. The van der Waals surface area contributed by atoms with Gasteiger partial charge in [0.05, 0.1) is 26.2 Å². The number of hydrogen-bond acceptors (Lipinski definition) is 6. The van der Waals surface area contributed by atoms with Gasteiger partial charge in [0.2, 0.25) is 5.91 Å². The van der Waals surface area contributed by atoms with Crippen molar-refractivity contribution in [2.75, 3.05) is 24.4 Å². The molecular formula is C30H29F2N3O4. The van der Waals surface area contributed by atoms with Crippen LogP contribution in [-0.4, -0.2) is 30.9 Å². The van der Waals surface area contributed by atoms with Crippen LogP contribution in [0.1, 0.15) is 42.4 Å². The van der Waals surface area contributed by atoms with Crippen molar-refractivity contribution in [3.8, 4) is 11.5 Å². The summed E-state index contributed by atoms with van der Waals surface area (Å²) in [7, 11) is 2.55. The third-order valence-corrected chi connectivity index (χ3v) is 7.64. The number of carbonyl (C=O) groups is 2. The molecule has 5 rings (SSSR count). The molecule has 0 bridgehead atoms. The normalized spacial score (nSPS) is 15.7. The van der Waals surface area contributed by atoms with E-state index in [9.17, 15) is 9.59 Å². The molecule has 1 amide bonds. The average Bonchev–Trinajstić information content (AvgIpc) is 3.44. The lowest BCUT2D eigenvalue weighted by molar-refractivity contribution is -0.124. The number of allylic oxidation sites excluding steroid dienone is 1. The molecular weight excluding hydrogens is 504 g/mol. The van der Waals surface area contributed by atoms with Crippen molar-refractivity contribution in [2.24, 2.45) is 0 Å². The first-order chi connectivity index (χ1) is 18.8. The average molecular weight is 534 g/mol. The lowest BCUT2D eigenvalue weighted by Gasteiger charge is -2.41. The maximum atomic E-state index is 15.4. The highest BCUT2D eigenvalue weighted by Gasteiger charge is 2.51. The molecule has 202 valence electrons. The predicted molar refractivity (Wildman–Crippen MR) is 144 cm³/mol. The van der Waals surface area contributed by atoms with Gasteiger partial charge in [-0.15, -0.1) is 0 Å². The summed E-state index contributed by atoms with van der Waals surface area (Å²) < 4.78 is 41.1. The van der Waals surface area contributed by atoms with Gasteiger partial charge in [-0.3, -0.25) is 9.59 Å². The third kappa shape index (κ3) is 4.51. The smallest absolute Gasteiger partial charge is 0.238 e. The number of amides is 1. The minimum atomic E-state index is -0.960. The molecule has 1 N–H and O–H groups in total. The molecule has 2 aromatic carbocycles. The number of hydrogen-bond donors (Lipinski definition) is 1. The zero-order valence-electron chi connectivity index (χ0n) is 21.9. The fourth-order valence-corrected chi connectivity index (χ4v) is 5.69. The van der Waals surface area contributed by atoms with Crippen LogP contribution in [0.2, 0.25) is 0 Å². The Morgan fingerprint density at radius 1 is 1.13 bits per heavy atom. The number of ketones is 1. The van der Waals surface area contributed by atoms with Crippen molar-refractivity contribution in [3.63, 3.8) is 0 Å². The first-order valence-corrected chi connectivity index (χ1v) is 12.7. The highest BCUT2D eigenvalue weighted by Crippen LogP contribution is 2.50. The van der Waals surface area contributed by atoms with E-state index in [1.165, 1.54) is 20.3 Å². The third-order valence-electron chi connectivity index (χ3n) is 7.64. The Kier molecular flexibility index (Phi) is 7.08. The number of halogens is 2. The Morgan fingerprint density at radius 2 is 1.79 bits per heavy atom. The Hall–Kier alpha value is -4.27. The fraction of sp³-hybridized carbons (Fsp3) is 0.300. The van der Waals surface area contributed by atoms with Crippen molar-refractivity contribution in [3.05, 3.63) is 83.6 Å². The van der Waals surface area contributed by atoms with Gasteiger partial charge >= 0.3 is 0 Å². The van der Waals surface area contributed by atoms with Crippen molar-refractivity contribution in [1.82, 2.24) is 4.98 Å². The van der Waals surface area contributed by atoms with E-state index >= 15 is 8.78 Å². The Bertz CT molecular complexity index is 1440. The first kappa shape index (κ1) is 26.3. The van der Waals surface area contributed by atoms with Crippen LogP contribution in [0.25, 0.3) is 0 Å². The van der Waals surface area contributed by atoms with Crippen LogP contribution >= 0.6 is 0 Å². The van der Waals surface area contributed by atoms with Crippen LogP contribution in [0, 0.1) is 11.6 Å². The van der Waals surface area contributed by atoms with Gasteiger partial charge in [-0.05, 0) is 47.7 Å². The van der Waals surface area contributed by atoms with E-state index in [1.54, 1.807) is 6.20 Å². The van der Waals surface area contributed by atoms with Gasteiger partial charge in [-0.1, -0.05) is 37.6 Å². The monoisotopic (exact) mass is 533 g/mol. The molecule has 0 radical (unpaired) electrons. The van der Waals surface area contributed by atoms with Gasteiger partial charge in [0.1, 0.15) is 11.5 Å². The number of fused-ring (bicyclic) bond motifs is 2. The lowest BCUT2D eigenvalue weighted by atomic mass is 9.73. The maximum Gasteiger partial charge on any atom is 0.238 e. The number of rotatable bonds is 8. The molecule has 3 aromatic rings. The minimum absolute atomic E-state index is 0.0578. The summed E-state index contributed by atoms with van der Waals surface area (Å²) in [4.78, 5) is 31.8. The predicted octanol–water partition coefficient (Wildman–Crippen LogP) is 5.78. The zero-order valence-corrected chi connectivity index (χ0v) is 21.9. The summed E-state index contributed by atoms with van der Waals surface area (Å²) >= 11 is 0. The number of para-hydroxylation sites is 1. The molecule has 1 saturated carbocycles. The molecule has 0 saturated heterocycles. The Morgan fingerprint density at radius 3 is 2.44 bits per heavy atom. The van der Waals surface area contributed by atoms with Gasteiger partial charge in [0.25, 0.3) is 0 Å². The van der Waals surface area contributed by atoms with Crippen LogP contribution in [-0.2, 0) is 28.0 Å². The number of pyridine rings is 1. The largest absolute Gasteiger partial charge is 0.493 e. The van der Waals surface area contributed by atoms with Gasteiger partial charge in [0.15, 0.2) is 28.9 Å². The molecule has 1 fully saturated rings. The van der Waals surface area contributed by atoms with E-state index in [4.69, 9.17) is 9.47 Å². The summed E-state index contributed by atoms with van der Waals surface area (Å²) in [5.74, 6) is -2.31. The van der Waals surface area contributed by atoms with Crippen molar-refractivity contribution < 1.29 is 27.8 Å². The summed E-state index contributed by atoms with van der Waals surface area (Å²) in [5.41, 5.74) is 1.58. The molecule has 1 spiro atoms. The second-order valence-corrected chi connectivity index (χ2v) is 9.79. The zero-order chi connectivity index (χ0) is 27.7. The molecule has 0 atom stereocenters. The molecule has 2 heterocycles. The van der Waals surface area contributed by atoms with E-state index in [0.717, 1.165) is 40.6 Å². The number of nitrogens with one attached hydrogen (secondary N) is 1. The minimum Gasteiger partial charge on any atom is -0.493 e. The molecule has 0 unspecified atom stereocenters. The van der Waals surface area contributed by atoms with E-state index in [-0.39, 0.29) is 36.2 Å². The Labute approximate surface area is 225 Å². The lowest BCUT2D eigenvalue weighted by Crippen LogP contribution is -2.50. The summed E-state index contributed by atoms with van der Waals surface area (Å²) in [6.45, 7) is 3.49. The fourth-order valence-electron chi connectivity index (χ4n) is 5.69. The molecule has 1 aromatic heterocycles. The van der Waals surface area contributed by atoms with Crippen LogP contribution in [0.15, 0.2) is 55.3 Å². The van der Waals surface area contributed by atoms with Crippen LogP contribution in [0.3, 0.4) is 0 Å². The summed E-state index contributed by atoms with van der Waals surface area (Å²) in [6.07, 6.45) is 5.84. The highest BCUT2D eigenvalue weighted by atomic mass is 19.1. The van der Waals surface area contributed by atoms with Crippen LogP contribution < -0.4 is 19.7 Å². The van der Waals surface area contributed by atoms with Crippen LogP contribution in [0.5, 0.6) is 11.5 Å². The second-order valence-electron chi connectivity index (χ2n) is 9.79. The van der Waals surface area contributed by atoms with E-state index in [0.29, 0.717) is 24.2 Å². The number of ether oxygens (including phenoxy) is 2. The van der Waals surface area contributed by atoms with Gasteiger partial charge in [0, 0.05) is 24.4 Å². The molecule has 9 heteroatoms. The number of benzene rings is 2. The van der Waals surface area contributed by atoms with Crippen molar-refractivity contribution >= 4 is 28.9 Å². The first-order valence-electron chi connectivity index (χ1n) is 12.7. The number of nitrogens with zero attached hydrogens (tertiary/aromatic N) is 2. The molecule has 1 aliphatic carbocycles. The second kappa shape index (κ2) is 10.5. The SMILES string of the molecule is C=CC(=O)Cc1ccccc1Nc1cc2c(cn1)CN(c1c(F)c(OC)cc(OC)c1F)C(=O)C21CCCC1. The van der Waals surface area contributed by atoms with Gasteiger partial charge in [-0.2, -0.15) is 0 Å². The summed E-state index contributed by atoms with van der Waals surface area (Å²) in [5, 5.41) is 3.29. The van der Waals surface area contributed by atoms with Gasteiger partial charge in [-0.25, -0.2) is 13.8 Å². The highest BCUT2D eigenvalue weighted by molar-refractivity contribution is 6.04. The number of anilines is 3. The quantitative estimate of drug-likeness (QED) is 0.370. The molecule has 7 nitrogen and oxygen atoms in total. The van der Waals surface area contributed by atoms with Crippen molar-refractivity contribution in [1.29, 1.82) is 0 Å². The van der Waals surface area contributed by atoms with E-state index in [2.05, 4.69) is 16.9 Å². The standard InChI is InChI=1S/C30H29F2N3O4/c1-4-20(36)13-18-9-5-6-10-22(18)34-25-14-21-19(16-33-25)17-35(29(37)30(21)11-7-8-12-30)28-26(31)23(38-2)15-24(39-3)27(28)32/h4-6,9-10,14-16H,1,7-8,11-13,17H2,2-3H3,(H,33,34). The maximum absolute atomic E-state index is 15.4. The molecule has 1 aliphatic heterocycles. The van der Waals surface area contributed by atoms with Crippen molar-refractivity contribution in [2.45, 2.75) is 44.1 Å². The molecule has 39 heavy (non-hydrogen) atoms. The van der Waals surface area contributed by atoms with E-state index < -0.39 is 22.7 Å². The number of aromatic nitrogens is 1. The Balaban J connectivity index is 1.57. The summed E-state index contributed by atoms with van der Waals surface area (Å²) in [6, 6.07) is 10.4. The topological polar surface area (TPSA) is 80.8 Å². The molecule has 2 aliphatic rings. The number of methoxy groups -OCH3 is 2. The van der Waals surface area contributed by atoms with E-state index in [1.807, 2.05) is 30.3 Å². The van der Waals surface area contributed by atoms with Crippen LogP contribution in [0.4, 0.5) is 26.0 Å². The van der Waals surface area contributed by atoms with Gasteiger partial charge < -0.3 is 19.7 Å².